The molecule has 120 valence electrons. The fourth-order valence-electron chi connectivity index (χ4n) is 6.15. The maximum Gasteiger partial charge on any atom is 0.115 e. The topological polar surface area (TPSA) is 40.5 Å². The van der Waals surface area contributed by atoms with Crippen molar-refractivity contribution in [1.82, 2.24) is 0 Å². The lowest BCUT2D eigenvalue weighted by Gasteiger charge is -2.53. The van der Waals surface area contributed by atoms with E-state index in [9.17, 15) is 10.2 Å². The first-order valence-electron chi connectivity index (χ1n) is 9.04. The van der Waals surface area contributed by atoms with Crippen LogP contribution in [0.2, 0.25) is 0 Å². The SMILES string of the molecule is CC[C@H]1Cc2cc(O)ccc2C2CC[C@@]3(C)C(CC[C@@H]3O)C21. The van der Waals surface area contributed by atoms with E-state index in [0.29, 0.717) is 23.5 Å². The van der Waals surface area contributed by atoms with E-state index in [2.05, 4.69) is 19.9 Å². The number of phenols is 1. The number of fused-ring (bicyclic) bond motifs is 5. The van der Waals surface area contributed by atoms with Gasteiger partial charge in [0.2, 0.25) is 0 Å². The summed E-state index contributed by atoms with van der Waals surface area (Å²) < 4.78 is 0. The molecule has 2 heteroatoms. The second-order valence-corrected chi connectivity index (χ2v) is 8.18. The van der Waals surface area contributed by atoms with Crippen LogP contribution in [-0.2, 0) is 6.42 Å². The first-order valence-corrected chi connectivity index (χ1v) is 9.04. The molecule has 22 heavy (non-hydrogen) atoms. The smallest absolute Gasteiger partial charge is 0.115 e. The Hall–Kier alpha value is -1.02. The molecule has 2 fully saturated rings. The Morgan fingerprint density at radius 3 is 2.82 bits per heavy atom. The van der Waals surface area contributed by atoms with Gasteiger partial charge in [-0.2, -0.15) is 0 Å². The van der Waals surface area contributed by atoms with Crippen molar-refractivity contribution in [3.05, 3.63) is 29.3 Å². The van der Waals surface area contributed by atoms with E-state index in [1.54, 1.807) is 0 Å². The van der Waals surface area contributed by atoms with Gasteiger partial charge in [-0.3, -0.25) is 0 Å². The number of rotatable bonds is 1. The van der Waals surface area contributed by atoms with Crippen LogP contribution in [-0.4, -0.2) is 16.3 Å². The minimum atomic E-state index is -0.0998. The van der Waals surface area contributed by atoms with Crippen molar-refractivity contribution >= 4 is 0 Å². The van der Waals surface area contributed by atoms with Crippen LogP contribution in [0.25, 0.3) is 0 Å². The molecule has 0 heterocycles. The highest BCUT2D eigenvalue weighted by Crippen LogP contribution is 2.62. The van der Waals surface area contributed by atoms with Gasteiger partial charge in [0.05, 0.1) is 6.10 Å². The van der Waals surface area contributed by atoms with E-state index < -0.39 is 0 Å². The van der Waals surface area contributed by atoms with Crippen LogP contribution in [0, 0.1) is 23.2 Å². The van der Waals surface area contributed by atoms with Crippen LogP contribution in [0.1, 0.15) is 63.0 Å². The first-order chi connectivity index (χ1) is 10.5. The Labute approximate surface area is 133 Å². The second kappa shape index (κ2) is 4.99. The highest BCUT2D eigenvalue weighted by molar-refractivity contribution is 5.40. The minimum absolute atomic E-state index is 0.0998. The van der Waals surface area contributed by atoms with Crippen LogP contribution in [0.4, 0.5) is 0 Å². The van der Waals surface area contributed by atoms with E-state index in [1.807, 2.05) is 12.1 Å². The Bertz CT molecular complexity index is 581. The normalized spacial score (nSPS) is 43.3. The van der Waals surface area contributed by atoms with Crippen LogP contribution < -0.4 is 0 Å². The Morgan fingerprint density at radius 1 is 1.23 bits per heavy atom. The number of aromatic hydroxyl groups is 1. The average molecular weight is 300 g/mol. The summed E-state index contributed by atoms with van der Waals surface area (Å²) in [6.45, 7) is 4.65. The summed E-state index contributed by atoms with van der Waals surface area (Å²) in [6, 6.07) is 6.02. The molecule has 0 saturated heterocycles. The predicted octanol–water partition coefficient (Wildman–Crippen LogP) is 4.25. The van der Waals surface area contributed by atoms with E-state index >= 15 is 0 Å². The quantitative estimate of drug-likeness (QED) is 0.814. The van der Waals surface area contributed by atoms with Crippen molar-refractivity contribution in [2.45, 2.75) is 64.4 Å². The van der Waals surface area contributed by atoms with Crippen molar-refractivity contribution in [1.29, 1.82) is 0 Å². The molecule has 2 N–H and O–H groups in total. The molecular formula is C20H28O2. The van der Waals surface area contributed by atoms with Gasteiger partial charge in [-0.05, 0) is 84.5 Å². The number of benzene rings is 1. The summed E-state index contributed by atoms with van der Waals surface area (Å²) in [5, 5.41) is 20.4. The molecule has 0 radical (unpaired) electrons. The van der Waals surface area contributed by atoms with E-state index in [1.165, 1.54) is 30.4 Å². The number of aliphatic hydroxyl groups is 1. The molecule has 0 spiro atoms. The lowest BCUT2D eigenvalue weighted by atomic mass is 9.52. The molecule has 3 unspecified atom stereocenters. The zero-order valence-electron chi connectivity index (χ0n) is 13.8. The summed E-state index contributed by atoms with van der Waals surface area (Å²) in [7, 11) is 0. The molecule has 0 aromatic heterocycles. The third-order valence-electron chi connectivity index (χ3n) is 7.36. The number of phenolic OH excluding ortho intramolecular Hbond substituents is 1. The monoisotopic (exact) mass is 300 g/mol. The van der Waals surface area contributed by atoms with Crippen molar-refractivity contribution in [2.75, 3.05) is 0 Å². The Morgan fingerprint density at radius 2 is 2.05 bits per heavy atom. The largest absolute Gasteiger partial charge is 0.508 e. The molecule has 4 rings (SSSR count). The Kier molecular flexibility index (Phi) is 3.30. The molecule has 2 nitrogen and oxygen atoms in total. The highest BCUT2D eigenvalue weighted by atomic mass is 16.3. The van der Waals surface area contributed by atoms with Gasteiger partial charge in [-0.1, -0.05) is 26.3 Å². The molecule has 0 bridgehead atoms. The molecule has 3 aliphatic rings. The van der Waals surface area contributed by atoms with Gasteiger partial charge in [0.15, 0.2) is 0 Å². The average Bonchev–Trinajstić information content (AvgIpc) is 2.81. The van der Waals surface area contributed by atoms with Crippen LogP contribution >= 0.6 is 0 Å². The molecule has 0 aliphatic heterocycles. The summed E-state index contributed by atoms with van der Waals surface area (Å²) >= 11 is 0. The van der Waals surface area contributed by atoms with Gasteiger partial charge in [-0.15, -0.1) is 0 Å². The third-order valence-corrected chi connectivity index (χ3v) is 7.36. The third kappa shape index (κ3) is 1.89. The fourth-order valence-corrected chi connectivity index (χ4v) is 6.15. The molecule has 1 aromatic carbocycles. The molecule has 2 saturated carbocycles. The van der Waals surface area contributed by atoms with E-state index in [0.717, 1.165) is 25.2 Å². The fraction of sp³-hybridized carbons (Fsp3) is 0.700. The van der Waals surface area contributed by atoms with Crippen molar-refractivity contribution < 1.29 is 10.2 Å². The van der Waals surface area contributed by atoms with Gasteiger partial charge in [0.1, 0.15) is 5.75 Å². The maximum atomic E-state index is 10.5. The molecule has 0 amide bonds. The predicted molar refractivity (Wildman–Crippen MR) is 87.9 cm³/mol. The first kappa shape index (κ1) is 14.6. The van der Waals surface area contributed by atoms with Gasteiger partial charge < -0.3 is 10.2 Å². The zero-order chi connectivity index (χ0) is 15.5. The summed E-state index contributed by atoms with van der Waals surface area (Å²) in [5.74, 6) is 3.14. The van der Waals surface area contributed by atoms with Gasteiger partial charge in [0, 0.05) is 0 Å². The van der Waals surface area contributed by atoms with Crippen LogP contribution in [0.15, 0.2) is 18.2 Å². The summed E-state index contributed by atoms with van der Waals surface area (Å²) in [6.07, 6.45) is 6.74. The molecule has 1 aromatic rings. The highest BCUT2D eigenvalue weighted by Gasteiger charge is 2.56. The van der Waals surface area contributed by atoms with Gasteiger partial charge in [0.25, 0.3) is 0 Å². The zero-order valence-corrected chi connectivity index (χ0v) is 13.8. The van der Waals surface area contributed by atoms with Crippen LogP contribution in [0.3, 0.4) is 0 Å². The van der Waals surface area contributed by atoms with Crippen LogP contribution in [0.5, 0.6) is 5.75 Å². The molecular weight excluding hydrogens is 272 g/mol. The van der Waals surface area contributed by atoms with Crippen molar-refractivity contribution in [3.63, 3.8) is 0 Å². The molecule has 6 atom stereocenters. The van der Waals surface area contributed by atoms with Crippen molar-refractivity contribution in [3.8, 4) is 5.75 Å². The molecule has 3 aliphatic carbocycles. The lowest BCUT2D eigenvalue weighted by Crippen LogP contribution is -2.47. The Balaban J connectivity index is 1.77. The van der Waals surface area contributed by atoms with E-state index in [-0.39, 0.29) is 11.5 Å². The number of aliphatic hydroxyl groups excluding tert-OH is 1. The summed E-state index contributed by atoms with van der Waals surface area (Å²) in [4.78, 5) is 0. The van der Waals surface area contributed by atoms with Gasteiger partial charge in [-0.25, -0.2) is 0 Å². The second-order valence-electron chi connectivity index (χ2n) is 8.18. The maximum absolute atomic E-state index is 10.5. The lowest BCUT2D eigenvalue weighted by molar-refractivity contribution is -0.0386. The minimum Gasteiger partial charge on any atom is -0.508 e. The standard InChI is InChI=1S/C20H28O2/c1-3-12-10-13-11-14(21)4-5-15(13)16-8-9-20(2)17(19(12)16)6-7-18(20)22/h4-5,11-12,16-19,21-22H,3,6-10H2,1-2H3/t12-,16?,17?,18-,19?,20-/m0/s1. The van der Waals surface area contributed by atoms with E-state index in [4.69, 9.17) is 0 Å². The van der Waals surface area contributed by atoms with Gasteiger partial charge >= 0.3 is 0 Å². The number of hydrogen-bond donors (Lipinski definition) is 2. The summed E-state index contributed by atoms with van der Waals surface area (Å²) in [5.41, 5.74) is 2.99. The van der Waals surface area contributed by atoms with Crippen molar-refractivity contribution in [2.24, 2.45) is 23.2 Å². The number of hydrogen-bond acceptors (Lipinski definition) is 2.